The first-order chi connectivity index (χ1) is 17.5. The molecule has 10 heteroatoms. The Balaban J connectivity index is 1.43. The summed E-state index contributed by atoms with van der Waals surface area (Å²) in [5.41, 5.74) is 2.55. The average Bonchev–Trinajstić information content (AvgIpc) is 3.65. The summed E-state index contributed by atoms with van der Waals surface area (Å²) >= 11 is 0. The number of aromatic nitrogens is 3. The van der Waals surface area contributed by atoms with Crippen molar-refractivity contribution in [2.75, 3.05) is 5.32 Å². The molecule has 1 aliphatic rings. The van der Waals surface area contributed by atoms with Crippen LogP contribution in [0.1, 0.15) is 53.4 Å². The maximum absolute atomic E-state index is 13.5. The smallest absolute Gasteiger partial charge is 0.342 e. The number of nitrogens with one attached hydrogen (secondary N) is 2. The minimum absolute atomic E-state index is 0.0459. The van der Waals surface area contributed by atoms with Crippen molar-refractivity contribution in [1.29, 1.82) is 0 Å². The Labute approximate surface area is 205 Å². The van der Waals surface area contributed by atoms with Gasteiger partial charge in [0.1, 0.15) is 11.6 Å². The van der Waals surface area contributed by atoms with Gasteiger partial charge in [-0.2, -0.15) is 9.78 Å². The molecule has 1 saturated carbocycles. The van der Waals surface area contributed by atoms with E-state index in [0.717, 1.165) is 31.4 Å². The van der Waals surface area contributed by atoms with Crippen molar-refractivity contribution >= 4 is 17.6 Å². The molecule has 0 spiro atoms. The molecule has 0 bridgehead atoms. The maximum Gasteiger partial charge on any atom is 0.342 e. The van der Waals surface area contributed by atoms with Gasteiger partial charge in [-0.25, -0.2) is 9.18 Å². The molecule has 2 aromatic heterocycles. The lowest BCUT2D eigenvalue weighted by Crippen LogP contribution is -2.30. The fourth-order valence-electron chi connectivity index (χ4n) is 4.45. The van der Waals surface area contributed by atoms with E-state index in [4.69, 9.17) is 4.52 Å². The number of hydrogen-bond acceptors (Lipinski definition) is 6. The quantitative estimate of drug-likeness (QED) is 0.326. The number of nitrogens with zero attached hydrogens (tertiary/aromatic N) is 3. The second kappa shape index (κ2) is 10.0. The van der Waals surface area contributed by atoms with Crippen LogP contribution in [0.2, 0.25) is 0 Å². The van der Waals surface area contributed by atoms with Crippen LogP contribution in [0, 0.1) is 5.82 Å². The van der Waals surface area contributed by atoms with Crippen LogP contribution in [-0.4, -0.2) is 32.0 Å². The van der Waals surface area contributed by atoms with Crippen molar-refractivity contribution < 1.29 is 23.6 Å². The van der Waals surface area contributed by atoms with Gasteiger partial charge in [-0.05, 0) is 54.8 Å². The largest absolute Gasteiger partial charge is 0.507 e. The van der Waals surface area contributed by atoms with Gasteiger partial charge in [-0.1, -0.05) is 30.1 Å². The Hall–Kier alpha value is -4.47. The number of carbonyl (C=O) groups is 2. The van der Waals surface area contributed by atoms with E-state index in [0.29, 0.717) is 22.5 Å². The summed E-state index contributed by atoms with van der Waals surface area (Å²) in [6.07, 6.45) is 5.35. The van der Waals surface area contributed by atoms with Crippen molar-refractivity contribution in [3.63, 3.8) is 0 Å². The second-order valence-corrected chi connectivity index (χ2v) is 8.70. The molecule has 0 radical (unpaired) electrons. The lowest BCUT2D eigenvalue weighted by atomic mass is 10.0. The molecular formula is C26H24FN5O4. The molecule has 1 fully saturated rings. The molecule has 0 atom stereocenters. The zero-order valence-corrected chi connectivity index (χ0v) is 19.3. The van der Waals surface area contributed by atoms with Crippen LogP contribution >= 0.6 is 0 Å². The van der Waals surface area contributed by atoms with Gasteiger partial charge >= 0.3 is 6.03 Å². The predicted molar refractivity (Wildman–Crippen MR) is 129 cm³/mol. The monoisotopic (exact) mass is 489 g/mol. The first-order valence-corrected chi connectivity index (χ1v) is 11.7. The summed E-state index contributed by atoms with van der Waals surface area (Å²) in [4.78, 5) is 25.4. The highest BCUT2D eigenvalue weighted by Gasteiger charge is 2.26. The molecular weight excluding hydrogens is 465 g/mol. The van der Waals surface area contributed by atoms with Crippen molar-refractivity contribution in [1.82, 2.24) is 20.3 Å². The SMILES string of the molecule is O=C(Nc1ccc(O)c(-c2cc(C3CCCC3)n(C(=O)NCc3cccc(F)c3)n2)c1)c1ccno1. The van der Waals surface area contributed by atoms with E-state index in [-0.39, 0.29) is 29.8 Å². The lowest BCUT2D eigenvalue weighted by molar-refractivity contribution is 0.0988. The molecule has 3 N–H and O–H groups in total. The van der Waals surface area contributed by atoms with Crippen LogP contribution in [0.3, 0.4) is 0 Å². The zero-order valence-electron chi connectivity index (χ0n) is 19.3. The highest BCUT2D eigenvalue weighted by atomic mass is 19.1. The topological polar surface area (TPSA) is 122 Å². The number of anilines is 1. The number of halogens is 1. The standard InChI is InChI=1S/C26H24FN5O4/c27-18-7-3-4-16(12-18)15-28-26(35)32-22(17-5-1-2-6-17)14-21(31-32)20-13-19(8-9-23(20)33)30-25(34)24-10-11-29-36-24/h3-4,7-14,17,33H,1-2,5-6,15H2,(H,28,35)(H,30,34). The number of hydrogen-bond donors (Lipinski definition) is 3. The number of rotatable bonds is 6. The summed E-state index contributed by atoms with van der Waals surface area (Å²) in [6.45, 7) is 0.143. The van der Waals surface area contributed by atoms with Crippen molar-refractivity contribution in [3.05, 3.63) is 83.6 Å². The summed E-state index contributed by atoms with van der Waals surface area (Å²) in [5, 5.41) is 24.1. The molecule has 184 valence electrons. The van der Waals surface area contributed by atoms with E-state index in [1.807, 2.05) is 0 Å². The zero-order chi connectivity index (χ0) is 25.1. The van der Waals surface area contributed by atoms with E-state index in [2.05, 4.69) is 20.9 Å². The van der Waals surface area contributed by atoms with Crippen LogP contribution in [0.25, 0.3) is 11.3 Å². The van der Waals surface area contributed by atoms with Crippen molar-refractivity contribution in [2.24, 2.45) is 0 Å². The first kappa shape index (κ1) is 23.3. The molecule has 0 unspecified atom stereocenters. The summed E-state index contributed by atoms with van der Waals surface area (Å²) in [7, 11) is 0. The third-order valence-electron chi connectivity index (χ3n) is 6.23. The molecule has 2 amide bonds. The van der Waals surface area contributed by atoms with Crippen LogP contribution in [0.5, 0.6) is 5.75 Å². The molecule has 2 aromatic carbocycles. The highest BCUT2D eigenvalue weighted by molar-refractivity contribution is 6.02. The number of amides is 2. The van der Waals surface area contributed by atoms with Gasteiger partial charge in [0.05, 0.1) is 17.6 Å². The van der Waals surface area contributed by atoms with Gasteiger partial charge in [-0.3, -0.25) is 4.79 Å². The van der Waals surface area contributed by atoms with E-state index >= 15 is 0 Å². The summed E-state index contributed by atoms with van der Waals surface area (Å²) in [6, 6.07) is 13.4. The summed E-state index contributed by atoms with van der Waals surface area (Å²) < 4.78 is 19.7. The van der Waals surface area contributed by atoms with Crippen LogP contribution < -0.4 is 10.6 Å². The third kappa shape index (κ3) is 4.97. The Morgan fingerprint density at radius 2 is 1.94 bits per heavy atom. The van der Waals surface area contributed by atoms with E-state index in [1.165, 1.54) is 35.1 Å². The molecule has 36 heavy (non-hydrogen) atoms. The predicted octanol–water partition coefficient (Wildman–Crippen LogP) is 5.05. The third-order valence-corrected chi connectivity index (χ3v) is 6.23. The molecule has 0 aliphatic heterocycles. The Morgan fingerprint density at radius 1 is 1.11 bits per heavy atom. The molecule has 4 aromatic rings. The molecule has 0 saturated heterocycles. The molecule has 5 rings (SSSR count). The Bertz CT molecular complexity index is 1390. The fraction of sp³-hybridized carbons (Fsp3) is 0.231. The molecule has 1 aliphatic carbocycles. The minimum Gasteiger partial charge on any atom is -0.507 e. The second-order valence-electron chi connectivity index (χ2n) is 8.70. The van der Waals surface area contributed by atoms with Gasteiger partial charge in [0, 0.05) is 29.8 Å². The molecule has 9 nitrogen and oxygen atoms in total. The number of phenolic OH excluding ortho intramolecular Hbond substituents is 1. The highest BCUT2D eigenvalue weighted by Crippen LogP contribution is 2.38. The van der Waals surface area contributed by atoms with E-state index < -0.39 is 11.9 Å². The molecule has 2 heterocycles. The van der Waals surface area contributed by atoms with Gasteiger partial charge in [0.2, 0.25) is 5.76 Å². The fourth-order valence-corrected chi connectivity index (χ4v) is 4.45. The van der Waals surface area contributed by atoms with Crippen LogP contribution in [0.15, 0.2) is 65.3 Å². The van der Waals surface area contributed by atoms with Gasteiger partial charge in [0.25, 0.3) is 5.91 Å². The number of benzene rings is 2. The number of aromatic hydroxyl groups is 1. The van der Waals surface area contributed by atoms with Crippen molar-refractivity contribution in [3.8, 4) is 17.0 Å². The first-order valence-electron chi connectivity index (χ1n) is 11.7. The normalized spacial score (nSPS) is 13.6. The van der Waals surface area contributed by atoms with E-state index in [9.17, 15) is 19.1 Å². The van der Waals surface area contributed by atoms with Gasteiger partial charge in [0.15, 0.2) is 0 Å². The number of carbonyl (C=O) groups excluding carboxylic acids is 2. The maximum atomic E-state index is 13.5. The van der Waals surface area contributed by atoms with Gasteiger partial charge in [-0.15, -0.1) is 0 Å². The van der Waals surface area contributed by atoms with E-state index in [1.54, 1.807) is 30.3 Å². The number of phenols is 1. The van der Waals surface area contributed by atoms with Gasteiger partial charge < -0.3 is 20.3 Å². The Kier molecular flexibility index (Phi) is 6.48. The van der Waals surface area contributed by atoms with Crippen LogP contribution in [-0.2, 0) is 6.54 Å². The average molecular weight is 490 g/mol. The minimum atomic E-state index is -0.488. The van der Waals surface area contributed by atoms with Crippen LogP contribution in [0.4, 0.5) is 14.9 Å². The van der Waals surface area contributed by atoms with Crippen molar-refractivity contribution in [2.45, 2.75) is 38.1 Å². The lowest BCUT2D eigenvalue weighted by Gasteiger charge is -2.12. The Morgan fingerprint density at radius 3 is 2.69 bits per heavy atom. The summed E-state index contributed by atoms with van der Waals surface area (Å²) in [5.74, 6) is -0.705.